The molecule has 2 heteroatoms. The number of esters is 1. The fourth-order valence-electron chi connectivity index (χ4n) is 1.79. The number of carbonyl (C=O) groups is 1. The van der Waals surface area contributed by atoms with Gasteiger partial charge in [0.05, 0.1) is 12.5 Å². The highest BCUT2D eigenvalue weighted by Crippen LogP contribution is 2.16. The standard InChI is InChI=1S/C16H30O2/c1-5-8-9-10-11-15(16(17)18-7-3)13-12-14(4)6-2/h12-15H,5-11H2,1-4H3/b13-12-. The third-order valence-electron chi connectivity index (χ3n) is 3.27. The number of hydrogen-bond donors (Lipinski definition) is 0. The molecule has 0 saturated heterocycles. The molecule has 0 aromatic rings. The summed E-state index contributed by atoms with van der Waals surface area (Å²) >= 11 is 0. The number of ether oxygens (including phenoxy) is 1. The average molecular weight is 254 g/mol. The van der Waals surface area contributed by atoms with Gasteiger partial charge in [0.2, 0.25) is 0 Å². The smallest absolute Gasteiger partial charge is 0.312 e. The molecule has 0 saturated carbocycles. The molecule has 0 aliphatic carbocycles. The normalized spacial score (nSPS) is 14.7. The predicted molar refractivity (Wildman–Crippen MR) is 77.5 cm³/mol. The quantitative estimate of drug-likeness (QED) is 0.320. The van der Waals surface area contributed by atoms with Gasteiger partial charge < -0.3 is 4.74 Å². The lowest BCUT2D eigenvalue weighted by atomic mass is 9.98. The SMILES string of the molecule is CCCCCCC(/C=C\C(C)CC)C(=O)OCC. The van der Waals surface area contributed by atoms with Gasteiger partial charge in [-0.25, -0.2) is 0 Å². The molecule has 2 atom stereocenters. The molecule has 0 rings (SSSR count). The van der Waals surface area contributed by atoms with Gasteiger partial charge in [0.15, 0.2) is 0 Å². The van der Waals surface area contributed by atoms with Gasteiger partial charge in [-0.2, -0.15) is 0 Å². The van der Waals surface area contributed by atoms with Crippen LogP contribution in [-0.2, 0) is 9.53 Å². The molecule has 0 heterocycles. The van der Waals surface area contributed by atoms with E-state index in [9.17, 15) is 4.79 Å². The summed E-state index contributed by atoms with van der Waals surface area (Å²) in [4.78, 5) is 11.8. The molecule has 0 aliphatic rings. The summed E-state index contributed by atoms with van der Waals surface area (Å²) in [6.45, 7) is 8.88. The molecule has 0 amide bonds. The van der Waals surface area contributed by atoms with Crippen molar-refractivity contribution < 1.29 is 9.53 Å². The molecule has 2 nitrogen and oxygen atoms in total. The zero-order valence-electron chi connectivity index (χ0n) is 12.6. The first-order valence-electron chi connectivity index (χ1n) is 7.50. The minimum atomic E-state index is -0.0615. The van der Waals surface area contributed by atoms with E-state index >= 15 is 0 Å². The number of carbonyl (C=O) groups excluding carboxylic acids is 1. The Bertz CT molecular complexity index is 233. The van der Waals surface area contributed by atoms with Crippen molar-refractivity contribution in [1.82, 2.24) is 0 Å². The summed E-state index contributed by atoms with van der Waals surface area (Å²) < 4.78 is 5.14. The Kier molecular flexibility index (Phi) is 10.8. The summed E-state index contributed by atoms with van der Waals surface area (Å²) in [6, 6.07) is 0. The number of unbranched alkanes of at least 4 members (excludes halogenated alkanes) is 3. The van der Waals surface area contributed by atoms with Crippen LogP contribution in [0.3, 0.4) is 0 Å². The maximum absolute atomic E-state index is 11.8. The van der Waals surface area contributed by atoms with Crippen LogP contribution in [0.4, 0.5) is 0 Å². The van der Waals surface area contributed by atoms with Crippen LogP contribution in [0.15, 0.2) is 12.2 Å². The minimum absolute atomic E-state index is 0.0455. The predicted octanol–water partition coefficient (Wildman–Crippen LogP) is 4.74. The number of allylic oxidation sites excluding steroid dienone is 1. The van der Waals surface area contributed by atoms with Gasteiger partial charge in [0.1, 0.15) is 0 Å². The van der Waals surface area contributed by atoms with E-state index < -0.39 is 0 Å². The Morgan fingerprint density at radius 1 is 1.11 bits per heavy atom. The maximum atomic E-state index is 11.8. The third kappa shape index (κ3) is 8.32. The van der Waals surface area contributed by atoms with E-state index in [0.717, 1.165) is 19.3 Å². The summed E-state index contributed by atoms with van der Waals surface area (Å²) in [5, 5.41) is 0. The van der Waals surface area contributed by atoms with Gasteiger partial charge in [-0.05, 0) is 19.3 Å². The molecular formula is C16H30O2. The molecule has 0 fully saturated rings. The van der Waals surface area contributed by atoms with Crippen LogP contribution in [0.25, 0.3) is 0 Å². The van der Waals surface area contributed by atoms with Crippen LogP contribution in [0.1, 0.15) is 66.2 Å². The van der Waals surface area contributed by atoms with Crippen molar-refractivity contribution in [1.29, 1.82) is 0 Å². The van der Waals surface area contributed by atoms with Crippen LogP contribution in [0, 0.1) is 11.8 Å². The topological polar surface area (TPSA) is 26.3 Å². The molecule has 0 aliphatic heterocycles. The summed E-state index contributed by atoms with van der Waals surface area (Å²) in [5.41, 5.74) is 0. The minimum Gasteiger partial charge on any atom is -0.466 e. The van der Waals surface area contributed by atoms with Crippen molar-refractivity contribution >= 4 is 5.97 Å². The van der Waals surface area contributed by atoms with E-state index in [1.807, 2.05) is 6.92 Å². The van der Waals surface area contributed by atoms with E-state index in [1.54, 1.807) is 0 Å². The van der Waals surface area contributed by atoms with Crippen LogP contribution in [0.2, 0.25) is 0 Å². The Balaban J connectivity index is 4.24. The van der Waals surface area contributed by atoms with Gasteiger partial charge in [0, 0.05) is 0 Å². The summed E-state index contributed by atoms with van der Waals surface area (Å²) in [6.07, 6.45) is 11.1. The monoisotopic (exact) mass is 254 g/mol. The number of rotatable bonds is 10. The zero-order chi connectivity index (χ0) is 13.8. The average Bonchev–Trinajstić information content (AvgIpc) is 2.37. The fourth-order valence-corrected chi connectivity index (χ4v) is 1.79. The Morgan fingerprint density at radius 3 is 2.39 bits per heavy atom. The highest BCUT2D eigenvalue weighted by atomic mass is 16.5. The Labute approximate surface area is 113 Å². The molecule has 0 radical (unpaired) electrons. The van der Waals surface area contributed by atoms with Crippen molar-refractivity contribution in [2.75, 3.05) is 6.61 Å². The second-order valence-corrected chi connectivity index (χ2v) is 4.98. The van der Waals surface area contributed by atoms with E-state index in [-0.39, 0.29) is 11.9 Å². The first kappa shape index (κ1) is 17.2. The van der Waals surface area contributed by atoms with E-state index in [1.165, 1.54) is 19.3 Å². The largest absolute Gasteiger partial charge is 0.466 e. The Morgan fingerprint density at radius 2 is 1.83 bits per heavy atom. The Hall–Kier alpha value is -0.790. The lowest BCUT2D eigenvalue weighted by molar-refractivity contribution is -0.146. The highest BCUT2D eigenvalue weighted by molar-refractivity contribution is 5.74. The van der Waals surface area contributed by atoms with Crippen LogP contribution in [-0.4, -0.2) is 12.6 Å². The lowest BCUT2D eigenvalue weighted by Crippen LogP contribution is -2.16. The molecule has 2 unspecified atom stereocenters. The van der Waals surface area contributed by atoms with Gasteiger partial charge in [-0.15, -0.1) is 0 Å². The van der Waals surface area contributed by atoms with Crippen molar-refractivity contribution in [3.05, 3.63) is 12.2 Å². The van der Waals surface area contributed by atoms with E-state index in [2.05, 4.69) is 32.9 Å². The second-order valence-electron chi connectivity index (χ2n) is 4.98. The third-order valence-corrected chi connectivity index (χ3v) is 3.27. The van der Waals surface area contributed by atoms with Crippen molar-refractivity contribution in [3.8, 4) is 0 Å². The van der Waals surface area contributed by atoms with Crippen molar-refractivity contribution in [3.63, 3.8) is 0 Å². The van der Waals surface area contributed by atoms with Crippen molar-refractivity contribution in [2.24, 2.45) is 11.8 Å². The molecule has 0 bridgehead atoms. The lowest BCUT2D eigenvalue weighted by Gasteiger charge is -2.12. The fraction of sp³-hybridized carbons (Fsp3) is 0.812. The zero-order valence-corrected chi connectivity index (χ0v) is 12.6. The van der Waals surface area contributed by atoms with Gasteiger partial charge >= 0.3 is 5.97 Å². The second kappa shape index (κ2) is 11.3. The van der Waals surface area contributed by atoms with Crippen LogP contribution >= 0.6 is 0 Å². The first-order chi connectivity index (χ1) is 8.65. The molecule has 0 aromatic carbocycles. The molecule has 18 heavy (non-hydrogen) atoms. The van der Waals surface area contributed by atoms with E-state index in [0.29, 0.717) is 12.5 Å². The first-order valence-corrected chi connectivity index (χ1v) is 7.50. The maximum Gasteiger partial charge on any atom is 0.312 e. The van der Waals surface area contributed by atoms with Crippen LogP contribution in [0.5, 0.6) is 0 Å². The molecular weight excluding hydrogens is 224 g/mol. The summed E-state index contributed by atoms with van der Waals surface area (Å²) in [7, 11) is 0. The molecule has 0 N–H and O–H groups in total. The summed E-state index contributed by atoms with van der Waals surface area (Å²) in [5.74, 6) is 0.432. The van der Waals surface area contributed by atoms with Gasteiger partial charge in [0.25, 0.3) is 0 Å². The molecule has 0 spiro atoms. The highest BCUT2D eigenvalue weighted by Gasteiger charge is 2.16. The van der Waals surface area contributed by atoms with Crippen molar-refractivity contribution in [2.45, 2.75) is 66.2 Å². The van der Waals surface area contributed by atoms with Gasteiger partial charge in [-0.3, -0.25) is 4.79 Å². The molecule has 106 valence electrons. The molecule has 0 aromatic heterocycles. The van der Waals surface area contributed by atoms with Crippen LogP contribution < -0.4 is 0 Å². The number of hydrogen-bond acceptors (Lipinski definition) is 2. The van der Waals surface area contributed by atoms with E-state index in [4.69, 9.17) is 4.74 Å². The van der Waals surface area contributed by atoms with Gasteiger partial charge in [-0.1, -0.05) is 65.0 Å².